The highest BCUT2D eigenvalue weighted by atomic mass is 16.5. The van der Waals surface area contributed by atoms with E-state index in [-0.39, 0.29) is 25.6 Å². The molecule has 9 heteroatoms. The van der Waals surface area contributed by atoms with Crippen molar-refractivity contribution in [2.75, 3.05) is 19.7 Å². The SMILES string of the molecule is O=C(CCCCCOCc1ccccc1)N1C[C@H](O)[C@H](O)[C@@H](n2cc(COc3ccccc3)nn2)C1. The maximum Gasteiger partial charge on any atom is 0.222 e. The van der Waals surface area contributed by atoms with Gasteiger partial charge in [0.15, 0.2) is 0 Å². The maximum atomic E-state index is 12.8. The molecular formula is C27H34N4O5. The summed E-state index contributed by atoms with van der Waals surface area (Å²) in [5.74, 6) is 0.684. The summed E-state index contributed by atoms with van der Waals surface area (Å²) >= 11 is 0. The zero-order valence-corrected chi connectivity index (χ0v) is 20.4. The Morgan fingerprint density at radius 1 is 0.944 bits per heavy atom. The van der Waals surface area contributed by atoms with Gasteiger partial charge in [-0.05, 0) is 30.5 Å². The zero-order chi connectivity index (χ0) is 25.2. The Kier molecular flexibility index (Phi) is 9.43. The number of carbonyl (C=O) groups excluding carboxylic acids is 1. The molecule has 0 unspecified atom stereocenters. The number of rotatable bonds is 12. The lowest BCUT2D eigenvalue weighted by molar-refractivity contribution is -0.141. The molecule has 0 bridgehead atoms. The van der Waals surface area contributed by atoms with E-state index in [0.717, 1.165) is 30.6 Å². The molecule has 4 rings (SSSR count). The number of β-amino-alcohol motifs (C(OH)–C–C–N with tert-alkyl or cyclic N) is 1. The summed E-state index contributed by atoms with van der Waals surface area (Å²) in [7, 11) is 0. The highest BCUT2D eigenvalue weighted by Gasteiger charge is 2.38. The summed E-state index contributed by atoms with van der Waals surface area (Å²) in [6.07, 6.45) is 2.51. The number of benzene rings is 2. The lowest BCUT2D eigenvalue weighted by Crippen LogP contribution is -2.54. The van der Waals surface area contributed by atoms with Gasteiger partial charge in [0.2, 0.25) is 5.91 Å². The van der Waals surface area contributed by atoms with Crippen LogP contribution in [0.4, 0.5) is 0 Å². The van der Waals surface area contributed by atoms with Gasteiger partial charge in [0.05, 0.1) is 24.9 Å². The number of para-hydroxylation sites is 1. The van der Waals surface area contributed by atoms with Crippen molar-refractivity contribution >= 4 is 5.91 Å². The first-order valence-corrected chi connectivity index (χ1v) is 12.4. The predicted octanol–water partition coefficient (Wildman–Crippen LogP) is 2.74. The number of nitrogens with zero attached hydrogens (tertiary/aromatic N) is 4. The Labute approximate surface area is 211 Å². The molecule has 0 saturated carbocycles. The van der Waals surface area contributed by atoms with Crippen molar-refractivity contribution in [3.8, 4) is 5.75 Å². The van der Waals surface area contributed by atoms with Gasteiger partial charge in [-0.25, -0.2) is 4.68 Å². The topological polar surface area (TPSA) is 110 Å². The zero-order valence-electron chi connectivity index (χ0n) is 20.4. The Balaban J connectivity index is 1.20. The average Bonchev–Trinajstić information content (AvgIpc) is 3.38. The molecule has 1 amide bonds. The molecule has 3 atom stereocenters. The van der Waals surface area contributed by atoms with Crippen molar-refractivity contribution in [3.05, 3.63) is 78.1 Å². The van der Waals surface area contributed by atoms with E-state index < -0.39 is 18.2 Å². The summed E-state index contributed by atoms with van der Waals surface area (Å²) in [5.41, 5.74) is 1.75. The van der Waals surface area contributed by atoms with E-state index in [1.165, 1.54) is 4.68 Å². The minimum atomic E-state index is -1.05. The molecule has 36 heavy (non-hydrogen) atoms. The summed E-state index contributed by atoms with van der Waals surface area (Å²) in [6, 6.07) is 18.9. The third-order valence-electron chi connectivity index (χ3n) is 6.27. The highest BCUT2D eigenvalue weighted by molar-refractivity contribution is 5.76. The van der Waals surface area contributed by atoms with Crippen LogP contribution in [0.5, 0.6) is 5.75 Å². The number of piperidine rings is 1. The number of aromatic nitrogens is 3. The van der Waals surface area contributed by atoms with Gasteiger partial charge >= 0.3 is 0 Å². The van der Waals surface area contributed by atoms with Crippen LogP contribution in [-0.4, -0.2) is 67.9 Å². The molecule has 192 valence electrons. The van der Waals surface area contributed by atoms with Crippen LogP contribution in [0, 0.1) is 0 Å². The highest BCUT2D eigenvalue weighted by Crippen LogP contribution is 2.23. The Morgan fingerprint density at radius 3 is 2.47 bits per heavy atom. The maximum absolute atomic E-state index is 12.8. The number of carbonyl (C=O) groups is 1. The van der Waals surface area contributed by atoms with Gasteiger partial charge in [-0.2, -0.15) is 0 Å². The number of aliphatic hydroxyl groups is 2. The molecule has 0 aliphatic carbocycles. The first-order chi connectivity index (χ1) is 17.6. The molecule has 1 saturated heterocycles. The third kappa shape index (κ3) is 7.36. The second-order valence-electron chi connectivity index (χ2n) is 9.06. The molecule has 1 aromatic heterocycles. The van der Waals surface area contributed by atoms with Crippen LogP contribution in [-0.2, 0) is 22.7 Å². The minimum absolute atomic E-state index is 0.0381. The average molecular weight is 495 g/mol. The van der Waals surface area contributed by atoms with E-state index in [4.69, 9.17) is 9.47 Å². The molecule has 2 N–H and O–H groups in total. The van der Waals surface area contributed by atoms with Crippen molar-refractivity contribution in [3.63, 3.8) is 0 Å². The number of hydrogen-bond acceptors (Lipinski definition) is 7. The van der Waals surface area contributed by atoms with E-state index in [2.05, 4.69) is 10.3 Å². The van der Waals surface area contributed by atoms with Crippen LogP contribution in [0.15, 0.2) is 66.9 Å². The standard InChI is InChI=1S/C27H34N4O5/c32-25-18-30(26(33)14-8-3-9-15-35-19-21-10-4-1-5-11-21)17-24(27(25)34)31-16-22(28-29-31)20-36-23-12-6-2-7-13-23/h1-2,4-7,10-13,16,24-25,27,32,34H,3,8-9,14-15,17-20H2/t24-,25-,27+/m0/s1. The van der Waals surface area contributed by atoms with Crippen molar-refractivity contribution in [2.45, 2.75) is 57.1 Å². The molecule has 1 aliphatic heterocycles. The molecule has 0 radical (unpaired) electrons. The largest absolute Gasteiger partial charge is 0.487 e. The van der Waals surface area contributed by atoms with Crippen LogP contribution in [0.3, 0.4) is 0 Å². The number of ether oxygens (including phenoxy) is 2. The fourth-order valence-corrected chi connectivity index (χ4v) is 4.24. The molecule has 2 heterocycles. The Bertz CT molecular complexity index is 1060. The third-order valence-corrected chi connectivity index (χ3v) is 6.27. The van der Waals surface area contributed by atoms with E-state index in [9.17, 15) is 15.0 Å². The number of unbranched alkanes of at least 4 members (excludes halogenated alkanes) is 2. The lowest BCUT2D eigenvalue weighted by atomic mass is 9.99. The number of hydrogen-bond donors (Lipinski definition) is 2. The molecule has 3 aromatic rings. The van der Waals surface area contributed by atoms with Gasteiger partial charge in [-0.1, -0.05) is 60.2 Å². The first kappa shape index (κ1) is 25.8. The number of aliphatic hydroxyl groups excluding tert-OH is 2. The van der Waals surface area contributed by atoms with E-state index in [1.54, 1.807) is 11.1 Å². The predicted molar refractivity (Wildman–Crippen MR) is 133 cm³/mol. The van der Waals surface area contributed by atoms with E-state index in [0.29, 0.717) is 25.3 Å². The van der Waals surface area contributed by atoms with Crippen molar-refractivity contribution in [1.29, 1.82) is 0 Å². The van der Waals surface area contributed by atoms with Crippen LogP contribution in [0.1, 0.15) is 43.0 Å². The Morgan fingerprint density at radius 2 is 1.69 bits per heavy atom. The number of likely N-dealkylation sites (tertiary alicyclic amines) is 1. The second-order valence-corrected chi connectivity index (χ2v) is 9.06. The molecule has 1 aliphatic rings. The fourth-order valence-electron chi connectivity index (χ4n) is 4.24. The first-order valence-electron chi connectivity index (χ1n) is 12.4. The second kappa shape index (κ2) is 13.2. The van der Waals surface area contributed by atoms with Crippen LogP contribution in [0.25, 0.3) is 0 Å². The quantitative estimate of drug-likeness (QED) is 0.373. The summed E-state index contributed by atoms with van der Waals surface area (Å²) in [4.78, 5) is 14.4. The van der Waals surface area contributed by atoms with E-state index in [1.807, 2.05) is 60.7 Å². The van der Waals surface area contributed by atoms with Gasteiger partial charge in [0, 0.05) is 26.1 Å². The summed E-state index contributed by atoms with van der Waals surface area (Å²) in [6.45, 7) is 1.85. The normalized spacial score (nSPS) is 19.8. The van der Waals surface area contributed by atoms with Crippen LogP contribution in [0.2, 0.25) is 0 Å². The molecule has 9 nitrogen and oxygen atoms in total. The van der Waals surface area contributed by atoms with Gasteiger partial charge in [-0.15, -0.1) is 5.10 Å². The van der Waals surface area contributed by atoms with Crippen molar-refractivity contribution in [1.82, 2.24) is 19.9 Å². The minimum Gasteiger partial charge on any atom is -0.487 e. The van der Waals surface area contributed by atoms with Crippen LogP contribution >= 0.6 is 0 Å². The molecule has 1 fully saturated rings. The van der Waals surface area contributed by atoms with Crippen molar-refractivity contribution < 1.29 is 24.5 Å². The van der Waals surface area contributed by atoms with E-state index >= 15 is 0 Å². The summed E-state index contributed by atoms with van der Waals surface area (Å²) < 4.78 is 12.9. The van der Waals surface area contributed by atoms with Gasteiger partial charge in [0.1, 0.15) is 24.2 Å². The summed E-state index contributed by atoms with van der Waals surface area (Å²) in [5, 5.41) is 29.2. The molecule has 2 aromatic carbocycles. The molecule has 0 spiro atoms. The Hall–Kier alpha value is -3.27. The smallest absolute Gasteiger partial charge is 0.222 e. The van der Waals surface area contributed by atoms with Crippen LogP contribution < -0.4 is 4.74 Å². The number of amides is 1. The lowest BCUT2D eigenvalue weighted by Gasteiger charge is -2.39. The van der Waals surface area contributed by atoms with Crippen molar-refractivity contribution in [2.24, 2.45) is 0 Å². The van der Waals surface area contributed by atoms with Gasteiger partial charge in [-0.3, -0.25) is 4.79 Å². The van der Waals surface area contributed by atoms with Gasteiger partial charge < -0.3 is 24.6 Å². The molecular weight excluding hydrogens is 460 g/mol. The monoisotopic (exact) mass is 494 g/mol. The van der Waals surface area contributed by atoms with Gasteiger partial charge in [0.25, 0.3) is 0 Å². The fraction of sp³-hybridized carbons (Fsp3) is 0.444.